The van der Waals surface area contributed by atoms with Gasteiger partial charge in [0.15, 0.2) is 5.69 Å². The van der Waals surface area contributed by atoms with Gasteiger partial charge in [-0.05, 0) is 36.8 Å². The summed E-state index contributed by atoms with van der Waals surface area (Å²) in [6, 6.07) is 12.9. The van der Waals surface area contributed by atoms with Crippen molar-refractivity contribution < 1.29 is 4.98 Å². The van der Waals surface area contributed by atoms with Crippen LogP contribution in [0.3, 0.4) is 0 Å². The highest BCUT2D eigenvalue weighted by molar-refractivity contribution is 7.98. The lowest BCUT2D eigenvalue weighted by atomic mass is 9.87. The largest absolute Gasteiger partial charge is 0.257 e. The van der Waals surface area contributed by atoms with E-state index in [9.17, 15) is 5.26 Å². The number of fused-ring (bicyclic) bond motifs is 1. The average molecular weight is 309 g/mol. The van der Waals surface area contributed by atoms with Crippen molar-refractivity contribution in [2.24, 2.45) is 0 Å². The zero-order valence-corrected chi connectivity index (χ0v) is 13.8. The van der Waals surface area contributed by atoms with Crippen LogP contribution in [0.15, 0.2) is 35.4 Å². The van der Waals surface area contributed by atoms with Gasteiger partial charge in [0.1, 0.15) is 11.6 Å². The first-order valence-corrected chi connectivity index (χ1v) is 8.98. The van der Waals surface area contributed by atoms with Crippen LogP contribution in [-0.4, -0.2) is 0 Å². The van der Waals surface area contributed by atoms with Crippen LogP contribution in [0.4, 0.5) is 0 Å². The summed E-state index contributed by atoms with van der Waals surface area (Å²) in [6.45, 7) is 2.19. The van der Waals surface area contributed by atoms with E-state index < -0.39 is 0 Å². The number of thioether (sulfide) groups is 1. The third kappa shape index (κ3) is 3.03. The number of nitriles is 1. The minimum Gasteiger partial charge on any atom is -0.202 e. The second-order valence-electron chi connectivity index (χ2n) is 5.71. The SMILES string of the molecule is CCc1[nH+]c(SCc2ccccc2)c(C#N)c2c1CCCC2. The van der Waals surface area contributed by atoms with E-state index in [0.717, 1.165) is 35.6 Å². The molecule has 1 N–H and O–H groups in total. The van der Waals surface area contributed by atoms with Crippen molar-refractivity contribution in [3.63, 3.8) is 0 Å². The summed E-state index contributed by atoms with van der Waals surface area (Å²) < 4.78 is 0. The molecule has 1 aromatic carbocycles. The van der Waals surface area contributed by atoms with Gasteiger partial charge < -0.3 is 0 Å². The van der Waals surface area contributed by atoms with Crippen molar-refractivity contribution in [2.75, 3.05) is 0 Å². The Morgan fingerprint density at radius 2 is 1.86 bits per heavy atom. The standard InChI is InChI=1S/C19H20N2S/c1-2-18-16-11-7-6-10-15(16)17(12-20)19(21-18)22-13-14-8-4-3-5-9-14/h3-5,8-9H,2,6-7,10-11,13H2,1H3/p+1. The maximum absolute atomic E-state index is 9.65. The second kappa shape index (κ2) is 6.98. The summed E-state index contributed by atoms with van der Waals surface area (Å²) >= 11 is 1.75. The maximum Gasteiger partial charge on any atom is 0.257 e. The molecule has 0 bridgehead atoms. The molecule has 3 heteroatoms. The molecule has 0 aliphatic heterocycles. The third-order valence-electron chi connectivity index (χ3n) is 4.32. The lowest BCUT2D eigenvalue weighted by Crippen LogP contribution is -2.23. The zero-order valence-electron chi connectivity index (χ0n) is 13.0. The lowest BCUT2D eigenvalue weighted by molar-refractivity contribution is -0.438. The molecule has 3 rings (SSSR count). The molecule has 0 saturated heterocycles. The molecule has 0 spiro atoms. The second-order valence-corrected chi connectivity index (χ2v) is 6.70. The topological polar surface area (TPSA) is 37.9 Å². The quantitative estimate of drug-likeness (QED) is 0.797. The molecule has 0 atom stereocenters. The van der Waals surface area contributed by atoms with Crippen LogP contribution in [-0.2, 0) is 25.0 Å². The fourth-order valence-electron chi connectivity index (χ4n) is 3.18. The molecule has 0 amide bonds. The van der Waals surface area contributed by atoms with Crippen LogP contribution in [0, 0.1) is 11.3 Å². The smallest absolute Gasteiger partial charge is 0.202 e. The highest BCUT2D eigenvalue weighted by Gasteiger charge is 2.26. The van der Waals surface area contributed by atoms with Crippen LogP contribution < -0.4 is 4.98 Å². The number of benzene rings is 1. The van der Waals surface area contributed by atoms with E-state index in [1.165, 1.54) is 35.2 Å². The fraction of sp³-hybridized carbons (Fsp3) is 0.368. The van der Waals surface area contributed by atoms with Crippen molar-refractivity contribution >= 4 is 11.8 Å². The number of rotatable bonds is 4. The van der Waals surface area contributed by atoms with Crippen LogP contribution in [0.2, 0.25) is 0 Å². The summed E-state index contributed by atoms with van der Waals surface area (Å²) in [5.41, 5.74) is 6.21. The van der Waals surface area contributed by atoms with Crippen molar-refractivity contribution in [1.82, 2.24) is 0 Å². The van der Waals surface area contributed by atoms with Crippen molar-refractivity contribution in [1.29, 1.82) is 5.26 Å². The Hall–Kier alpha value is -1.79. The molecular weight excluding hydrogens is 288 g/mol. The monoisotopic (exact) mass is 309 g/mol. The molecule has 0 saturated carbocycles. The molecule has 0 fully saturated rings. The first-order valence-electron chi connectivity index (χ1n) is 8.00. The summed E-state index contributed by atoms with van der Waals surface area (Å²) in [7, 11) is 0. The van der Waals surface area contributed by atoms with E-state index in [0.29, 0.717) is 0 Å². The van der Waals surface area contributed by atoms with Gasteiger partial charge in [0, 0.05) is 17.7 Å². The van der Waals surface area contributed by atoms with Gasteiger partial charge in [-0.15, -0.1) is 0 Å². The van der Waals surface area contributed by atoms with E-state index in [1.807, 2.05) is 6.07 Å². The number of hydrogen-bond donors (Lipinski definition) is 0. The molecule has 2 aromatic rings. The third-order valence-corrected chi connectivity index (χ3v) is 5.39. The molecule has 0 radical (unpaired) electrons. The van der Waals surface area contributed by atoms with Crippen molar-refractivity contribution in [2.45, 2.75) is 49.8 Å². The van der Waals surface area contributed by atoms with Gasteiger partial charge in [0.2, 0.25) is 0 Å². The van der Waals surface area contributed by atoms with E-state index in [1.54, 1.807) is 11.8 Å². The number of aromatic amines is 1. The Bertz CT molecular complexity index is 702. The molecule has 1 aromatic heterocycles. The Balaban J connectivity index is 1.95. The summed E-state index contributed by atoms with van der Waals surface area (Å²) in [5, 5.41) is 10.7. The Labute approximate surface area is 136 Å². The predicted octanol–water partition coefficient (Wildman–Crippen LogP) is 4.11. The van der Waals surface area contributed by atoms with Crippen molar-refractivity contribution in [3.05, 3.63) is 58.3 Å². The number of nitrogens with one attached hydrogen (secondary N) is 1. The summed E-state index contributed by atoms with van der Waals surface area (Å²) in [5.74, 6) is 0.897. The minimum absolute atomic E-state index is 0.882. The zero-order chi connectivity index (χ0) is 15.4. The fourth-order valence-corrected chi connectivity index (χ4v) is 4.20. The molecule has 1 heterocycles. The lowest BCUT2D eigenvalue weighted by Gasteiger charge is -2.17. The Morgan fingerprint density at radius 3 is 2.55 bits per heavy atom. The highest BCUT2D eigenvalue weighted by atomic mass is 32.2. The average Bonchev–Trinajstić information content (AvgIpc) is 2.59. The first-order chi connectivity index (χ1) is 10.8. The van der Waals surface area contributed by atoms with E-state index in [4.69, 9.17) is 0 Å². The Kier molecular flexibility index (Phi) is 4.80. The molecular formula is C19H21N2S+. The van der Waals surface area contributed by atoms with E-state index >= 15 is 0 Å². The van der Waals surface area contributed by atoms with Gasteiger partial charge in [0.25, 0.3) is 5.03 Å². The van der Waals surface area contributed by atoms with Gasteiger partial charge in [-0.3, -0.25) is 0 Å². The first kappa shape index (κ1) is 15.1. The molecule has 1 aliphatic carbocycles. The van der Waals surface area contributed by atoms with Crippen LogP contribution in [0.25, 0.3) is 0 Å². The highest BCUT2D eigenvalue weighted by Crippen LogP contribution is 2.31. The van der Waals surface area contributed by atoms with Crippen LogP contribution in [0.5, 0.6) is 0 Å². The molecule has 112 valence electrons. The number of pyridine rings is 1. The summed E-state index contributed by atoms with van der Waals surface area (Å²) in [6.07, 6.45) is 5.63. The van der Waals surface area contributed by atoms with Crippen LogP contribution >= 0.6 is 11.8 Å². The molecule has 0 unspecified atom stereocenters. The van der Waals surface area contributed by atoms with E-state index in [2.05, 4.69) is 42.2 Å². The normalized spacial score (nSPS) is 13.5. The predicted molar refractivity (Wildman–Crippen MR) is 89.7 cm³/mol. The van der Waals surface area contributed by atoms with Crippen molar-refractivity contribution in [3.8, 4) is 6.07 Å². The van der Waals surface area contributed by atoms with Gasteiger partial charge in [-0.1, -0.05) is 49.0 Å². The molecule has 1 aliphatic rings. The van der Waals surface area contributed by atoms with Gasteiger partial charge in [0.05, 0.1) is 0 Å². The molecule has 2 nitrogen and oxygen atoms in total. The van der Waals surface area contributed by atoms with E-state index in [-0.39, 0.29) is 0 Å². The maximum atomic E-state index is 9.65. The van der Waals surface area contributed by atoms with Crippen LogP contribution in [0.1, 0.15) is 47.7 Å². The minimum atomic E-state index is 0.882. The number of aromatic nitrogens is 1. The number of nitrogens with zero attached hydrogens (tertiary/aromatic N) is 1. The number of aryl methyl sites for hydroxylation is 1. The Morgan fingerprint density at radius 1 is 1.14 bits per heavy atom. The molecule has 22 heavy (non-hydrogen) atoms. The van der Waals surface area contributed by atoms with Gasteiger partial charge in [-0.25, -0.2) is 4.98 Å². The van der Waals surface area contributed by atoms with Gasteiger partial charge >= 0.3 is 0 Å². The van der Waals surface area contributed by atoms with Gasteiger partial charge in [-0.2, -0.15) is 5.26 Å². The summed E-state index contributed by atoms with van der Waals surface area (Å²) in [4.78, 5) is 3.55. The number of hydrogen-bond acceptors (Lipinski definition) is 2. The number of H-pyrrole nitrogens is 1.